The van der Waals surface area contributed by atoms with Crippen LogP contribution in [-0.4, -0.2) is 27.8 Å². The Balaban J connectivity index is 2.28. The molecule has 7 heteroatoms. The molecule has 0 unspecified atom stereocenters. The van der Waals surface area contributed by atoms with E-state index in [0.29, 0.717) is 13.1 Å². The number of hydrogen-bond donors (Lipinski definition) is 4. The normalized spacial score (nSPS) is 16.4. The first kappa shape index (κ1) is 14.6. The van der Waals surface area contributed by atoms with E-state index < -0.39 is 11.2 Å². The zero-order valence-electron chi connectivity index (χ0n) is 11.9. The molecule has 5 N–H and O–H groups in total. The van der Waals surface area contributed by atoms with E-state index in [4.69, 9.17) is 5.73 Å². The van der Waals surface area contributed by atoms with Gasteiger partial charge in [0.05, 0.1) is 6.61 Å². The van der Waals surface area contributed by atoms with Gasteiger partial charge in [-0.15, -0.1) is 0 Å². The van der Waals surface area contributed by atoms with Crippen molar-refractivity contribution in [2.75, 3.05) is 24.2 Å². The molecule has 20 heavy (non-hydrogen) atoms. The predicted octanol–water partition coefficient (Wildman–Crippen LogP) is -0.0408. The summed E-state index contributed by atoms with van der Waals surface area (Å²) in [5.74, 6) is 0.391. The van der Waals surface area contributed by atoms with Gasteiger partial charge in [0.15, 0.2) is 0 Å². The monoisotopic (exact) mass is 282 g/mol. The maximum Gasteiger partial charge on any atom is 0.330 e. The Morgan fingerprint density at radius 1 is 1.45 bits per heavy atom. The van der Waals surface area contributed by atoms with Crippen LogP contribution in [-0.2, 0) is 6.54 Å². The molecule has 1 aliphatic carbocycles. The van der Waals surface area contributed by atoms with Crippen LogP contribution in [0.5, 0.6) is 0 Å². The summed E-state index contributed by atoms with van der Waals surface area (Å²) in [5, 5.41) is 12.3. The van der Waals surface area contributed by atoms with E-state index >= 15 is 0 Å². The fraction of sp³-hybridized carbons (Fsp3) is 0.692. The summed E-state index contributed by atoms with van der Waals surface area (Å²) in [4.78, 5) is 25.9. The highest BCUT2D eigenvalue weighted by atomic mass is 16.3. The molecule has 7 nitrogen and oxygen atoms in total. The largest absolute Gasteiger partial charge is 0.396 e. The average Bonchev–Trinajstić information content (AvgIpc) is 3.14. The molecule has 1 aromatic heterocycles. The second-order valence-electron chi connectivity index (χ2n) is 6.04. The Labute approximate surface area is 116 Å². The minimum atomic E-state index is -0.513. The van der Waals surface area contributed by atoms with E-state index in [1.807, 2.05) is 13.8 Å². The maximum absolute atomic E-state index is 11.9. The number of anilines is 2. The Morgan fingerprint density at radius 2 is 2.10 bits per heavy atom. The number of H-pyrrole nitrogens is 1. The fourth-order valence-electron chi connectivity index (χ4n) is 2.15. The number of aromatic amines is 1. The molecule has 112 valence electrons. The van der Waals surface area contributed by atoms with E-state index in [9.17, 15) is 14.7 Å². The first-order chi connectivity index (χ1) is 9.38. The molecule has 0 amide bonds. The molecule has 0 saturated heterocycles. The van der Waals surface area contributed by atoms with Crippen LogP contribution in [0, 0.1) is 11.3 Å². The lowest BCUT2D eigenvalue weighted by Crippen LogP contribution is -2.36. The third-order valence-electron chi connectivity index (χ3n) is 3.72. The summed E-state index contributed by atoms with van der Waals surface area (Å²) in [7, 11) is 0. The number of aliphatic hydroxyl groups is 1. The highest BCUT2D eigenvalue weighted by Gasteiger charge is 2.42. The Hall–Kier alpha value is -1.76. The second-order valence-corrected chi connectivity index (χ2v) is 6.04. The van der Waals surface area contributed by atoms with Crippen LogP contribution in [0.4, 0.5) is 11.5 Å². The van der Waals surface area contributed by atoms with Crippen LogP contribution in [0.1, 0.15) is 26.7 Å². The molecule has 1 saturated carbocycles. The zero-order valence-corrected chi connectivity index (χ0v) is 11.9. The fourth-order valence-corrected chi connectivity index (χ4v) is 2.15. The summed E-state index contributed by atoms with van der Waals surface area (Å²) >= 11 is 0. The third-order valence-corrected chi connectivity index (χ3v) is 3.72. The van der Waals surface area contributed by atoms with Gasteiger partial charge in [0.2, 0.25) is 0 Å². The SMILES string of the molecule is CC(C)Cn1c(N)c(NCC2(CO)CC2)c(=O)[nH]c1=O. The smallest absolute Gasteiger partial charge is 0.330 e. The second kappa shape index (κ2) is 5.32. The number of nitrogens with two attached hydrogens (primary N) is 1. The van der Waals surface area contributed by atoms with Crippen molar-refractivity contribution in [2.45, 2.75) is 33.2 Å². The predicted molar refractivity (Wildman–Crippen MR) is 77.8 cm³/mol. The third kappa shape index (κ3) is 2.87. The number of nitrogens with one attached hydrogen (secondary N) is 2. The lowest BCUT2D eigenvalue weighted by atomic mass is 10.1. The standard InChI is InChI=1S/C13H22N4O3/c1-8(2)5-17-10(14)9(11(19)16-12(17)20)15-6-13(7-18)3-4-13/h8,15,18H,3-7,14H2,1-2H3,(H,16,19,20). The first-order valence-electron chi connectivity index (χ1n) is 6.86. The molecular weight excluding hydrogens is 260 g/mol. The van der Waals surface area contributed by atoms with Crippen molar-refractivity contribution >= 4 is 11.5 Å². The van der Waals surface area contributed by atoms with Crippen molar-refractivity contribution in [1.29, 1.82) is 0 Å². The van der Waals surface area contributed by atoms with Gasteiger partial charge in [-0.25, -0.2) is 4.79 Å². The van der Waals surface area contributed by atoms with Crippen molar-refractivity contribution in [3.05, 3.63) is 20.8 Å². The van der Waals surface area contributed by atoms with Crippen LogP contribution in [0.15, 0.2) is 9.59 Å². The van der Waals surface area contributed by atoms with E-state index in [0.717, 1.165) is 12.8 Å². The number of aliphatic hydroxyl groups excluding tert-OH is 1. The van der Waals surface area contributed by atoms with E-state index in [1.54, 1.807) is 0 Å². The van der Waals surface area contributed by atoms with Crippen molar-refractivity contribution in [2.24, 2.45) is 11.3 Å². The van der Waals surface area contributed by atoms with Gasteiger partial charge in [-0.3, -0.25) is 14.3 Å². The van der Waals surface area contributed by atoms with Crippen LogP contribution in [0.3, 0.4) is 0 Å². The van der Waals surface area contributed by atoms with Crippen LogP contribution < -0.4 is 22.3 Å². The number of nitrogen functional groups attached to an aromatic ring is 1. The maximum atomic E-state index is 11.9. The van der Waals surface area contributed by atoms with Gasteiger partial charge in [0.25, 0.3) is 5.56 Å². The lowest BCUT2D eigenvalue weighted by Gasteiger charge is -2.17. The van der Waals surface area contributed by atoms with Gasteiger partial charge in [0.1, 0.15) is 11.5 Å². The van der Waals surface area contributed by atoms with Gasteiger partial charge in [0, 0.05) is 18.5 Å². The minimum Gasteiger partial charge on any atom is -0.396 e. The Bertz CT molecular complexity index is 599. The molecule has 2 rings (SSSR count). The molecule has 1 aromatic rings. The molecule has 1 heterocycles. The van der Waals surface area contributed by atoms with E-state index in [-0.39, 0.29) is 29.4 Å². The van der Waals surface area contributed by atoms with E-state index in [1.165, 1.54) is 4.57 Å². The van der Waals surface area contributed by atoms with Gasteiger partial charge in [-0.1, -0.05) is 13.8 Å². The molecule has 0 bridgehead atoms. The summed E-state index contributed by atoms with van der Waals surface area (Å²) in [5.41, 5.74) is 5.01. The molecular formula is C13H22N4O3. The summed E-state index contributed by atoms with van der Waals surface area (Å²) < 4.78 is 1.37. The van der Waals surface area contributed by atoms with Crippen LogP contribution in [0.2, 0.25) is 0 Å². The molecule has 0 atom stereocenters. The summed E-state index contributed by atoms with van der Waals surface area (Å²) in [6, 6.07) is 0. The van der Waals surface area contributed by atoms with Crippen molar-refractivity contribution in [3.8, 4) is 0 Å². The van der Waals surface area contributed by atoms with Crippen molar-refractivity contribution < 1.29 is 5.11 Å². The Morgan fingerprint density at radius 3 is 2.60 bits per heavy atom. The average molecular weight is 282 g/mol. The molecule has 0 aliphatic heterocycles. The number of rotatable bonds is 6. The molecule has 0 radical (unpaired) electrons. The molecule has 0 spiro atoms. The van der Waals surface area contributed by atoms with Crippen LogP contribution >= 0.6 is 0 Å². The molecule has 1 aliphatic rings. The van der Waals surface area contributed by atoms with Crippen LogP contribution in [0.25, 0.3) is 0 Å². The minimum absolute atomic E-state index is 0.0867. The number of aromatic nitrogens is 2. The highest BCUT2D eigenvalue weighted by molar-refractivity contribution is 5.60. The van der Waals surface area contributed by atoms with Gasteiger partial charge in [-0.05, 0) is 18.8 Å². The molecule has 0 aromatic carbocycles. The number of hydrogen-bond acceptors (Lipinski definition) is 5. The molecule has 1 fully saturated rings. The van der Waals surface area contributed by atoms with Crippen molar-refractivity contribution in [3.63, 3.8) is 0 Å². The quantitative estimate of drug-likeness (QED) is 0.584. The zero-order chi connectivity index (χ0) is 14.9. The highest BCUT2D eigenvalue weighted by Crippen LogP contribution is 2.44. The number of nitrogens with zero attached hydrogens (tertiary/aromatic N) is 1. The van der Waals surface area contributed by atoms with E-state index in [2.05, 4.69) is 10.3 Å². The topological polar surface area (TPSA) is 113 Å². The van der Waals surface area contributed by atoms with Crippen molar-refractivity contribution in [1.82, 2.24) is 9.55 Å². The van der Waals surface area contributed by atoms with Gasteiger partial charge in [-0.2, -0.15) is 0 Å². The summed E-state index contributed by atoms with van der Waals surface area (Å²) in [6.45, 7) is 4.95. The van der Waals surface area contributed by atoms with Gasteiger partial charge < -0.3 is 16.2 Å². The summed E-state index contributed by atoms with van der Waals surface area (Å²) in [6.07, 6.45) is 1.86. The Kier molecular flexibility index (Phi) is 3.89. The first-order valence-corrected chi connectivity index (χ1v) is 6.86. The van der Waals surface area contributed by atoms with Gasteiger partial charge >= 0.3 is 5.69 Å². The lowest BCUT2D eigenvalue weighted by molar-refractivity contribution is 0.219.